The predicted octanol–water partition coefficient (Wildman–Crippen LogP) is 2.15. The van der Waals surface area contributed by atoms with Crippen LogP contribution in [0, 0.1) is 0 Å². The monoisotopic (exact) mass is 192 g/mol. The summed E-state index contributed by atoms with van der Waals surface area (Å²) in [5.74, 6) is -0.970. The lowest BCUT2D eigenvalue weighted by Crippen LogP contribution is -2.16. The largest absolute Gasteiger partial charge is 0.487 e. The fourth-order valence-electron chi connectivity index (χ4n) is 0.858. The van der Waals surface area contributed by atoms with Crippen molar-refractivity contribution >= 4 is 12.0 Å². The van der Waals surface area contributed by atoms with E-state index in [2.05, 4.69) is 0 Å². The van der Waals surface area contributed by atoms with Crippen molar-refractivity contribution in [3.63, 3.8) is 0 Å². The number of hydrogen-bond donors (Lipinski definition) is 1. The maximum absolute atomic E-state index is 10.4. The van der Waals surface area contributed by atoms with Crippen molar-refractivity contribution < 1.29 is 14.6 Å². The normalized spacial score (nSPS) is 12.6. The molecule has 0 bridgehead atoms. The van der Waals surface area contributed by atoms with E-state index >= 15 is 0 Å². The fraction of sp³-hybridized carbons (Fsp3) is 0.182. The van der Waals surface area contributed by atoms with Crippen molar-refractivity contribution in [2.45, 2.75) is 13.0 Å². The number of aliphatic carboxylic acids is 1. The Labute approximate surface area is 82.6 Å². The van der Waals surface area contributed by atoms with Gasteiger partial charge in [-0.25, -0.2) is 4.79 Å². The first-order valence-corrected chi connectivity index (χ1v) is 4.30. The molecule has 14 heavy (non-hydrogen) atoms. The number of ether oxygens (including phenoxy) is 1. The number of carboxylic acids is 1. The maximum Gasteiger partial charge on any atom is 0.344 e. The molecule has 0 spiro atoms. The van der Waals surface area contributed by atoms with Crippen LogP contribution in [0.5, 0.6) is 0 Å². The molecule has 0 amide bonds. The third kappa shape index (κ3) is 3.31. The maximum atomic E-state index is 10.4. The summed E-state index contributed by atoms with van der Waals surface area (Å²) in [5.41, 5.74) is 0.977. The average molecular weight is 192 g/mol. The predicted molar refractivity (Wildman–Crippen MR) is 53.7 cm³/mol. The first-order chi connectivity index (χ1) is 6.70. The highest BCUT2D eigenvalue weighted by Crippen LogP contribution is 2.02. The second-order valence-corrected chi connectivity index (χ2v) is 2.83. The summed E-state index contributed by atoms with van der Waals surface area (Å²) in [6, 6.07) is 9.54. The Hall–Kier alpha value is -1.77. The Kier molecular flexibility index (Phi) is 3.73. The molecule has 1 aromatic rings. The molecule has 0 saturated carbocycles. The molecule has 0 fully saturated rings. The number of hydrogen-bond acceptors (Lipinski definition) is 2. The molecule has 3 nitrogen and oxygen atoms in total. The van der Waals surface area contributed by atoms with Gasteiger partial charge >= 0.3 is 5.97 Å². The first-order valence-electron chi connectivity index (χ1n) is 4.30. The molecule has 0 aliphatic rings. The van der Waals surface area contributed by atoms with E-state index in [4.69, 9.17) is 9.84 Å². The van der Waals surface area contributed by atoms with Crippen molar-refractivity contribution in [3.8, 4) is 0 Å². The molecule has 74 valence electrons. The smallest absolute Gasteiger partial charge is 0.344 e. The molecule has 1 rings (SSSR count). The molecule has 0 saturated heterocycles. The molecule has 0 radical (unpaired) electrons. The third-order valence-corrected chi connectivity index (χ3v) is 1.69. The van der Waals surface area contributed by atoms with Crippen molar-refractivity contribution in [1.29, 1.82) is 0 Å². The summed E-state index contributed by atoms with van der Waals surface area (Å²) in [4.78, 5) is 10.4. The Balaban J connectivity index is 2.46. The molecule has 1 aromatic carbocycles. The van der Waals surface area contributed by atoms with Gasteiger partial charge in [-0.2, -0.15) is 0 Å². The molecule has 0 aliphatic heterocycles. The highest BCUT2D eigenvalue weighted by molar-refractivity contribution is 5.71. The van der Waals surface area contributed by atoms with Gasteiger partial charge in [0.1, 0.15) is 0 Å². The van der Waals surface area contributed by atoms with Crippen LogP contribution in [0.25, 0.3) is 6.08 Å². The van der Waals surface area contributed by atoms with Crippen molar-refractivity contribution in [1.82, 2.24) is 0 Å². The summed E-state index contributed by atoms with van der Waals surface area (Å²) in [5, 5.41) is 8.52. The zero-order chi connectivity index (χ0) is 10.4. The zero-order valence-corrected chi connectivity index (χ0v) is 7.88. The van der Waals surface area contributed by atoms with Gasteiger partial charge in [-0.15, -0.1) is 0 Å². The molecule has 3 heteroatoms. The van der Waals surface area contributed by atoms with Crippen LogP contribution in [0.3, 0.4) is 0 Å². The number of carbonyl (C=O) groups is 1. The van der Waals surface area contributed by atoms with Crippen LogP contribution in [-0.4, -0.2) is 17.2 Å². The van der Waals surface area contributed by atoms with E-state index in [0.717, 1.165) is 5.56 Å². The third-order valence-electron chi connectivity index (χ3n) is 1.69. The second kappa shape index (κ2) is 5.07. The minimum absolute atomic E-state index is 0.810. The van der Waals surface area contributed by atoms with Gasteiger partial charge in [0.05, 0.1) is 6.26 Å². The Bertz CT molecular complexity index is 317. The average Bonchev–Trinajstić information content (AvgIpc) is 2.19. The van der Waals surface area contributed by atoms with Crippen molar-refractivity contribution in [3.05, 3.63) is 42.2 Å². The second-order valence-electron chi connectivity index (χ2n) is 2.83. The minimum atomic E-state index is -0.970. The van der Waals surface area contributed by atoms with E-state index in [9.17, 15) is 4.79 Å². The Morgan fingerprint density at radius 2 is 2.07 bits per heavy atom. The van der Waals surface area contributed by atoms with E-state index < -0.39 is 12.1 Å². The summed E-state index contributed by atoms with van der Waals surface area (Å²) in [6.45, 7) is 1.48. The van der Waals surface area contributed by atoms with E-state index in [1.54, 1.807) is 6.08 Å². The van der Waals surface area contributed by atoms with Crippen molar-refractivity contribution in [2.24, 2.45) is 0 Å². The lowest BCUT2D eigenvalue weighted by Gasteiger charge is -2.04. The summed E-state index contributed by atoms with van der Waals surface area (Å²) < 4.78 is 4.93. The van der Waals surface area contributed by atoms with Crippen LogP contribution in [0.15, 0.2) is 36.6 Å². The molecule has 0 aromatic heterocycles. The summed E-state index contributed by atoms with van der Waals surface area (Å²) in [6.07, 6.45) is 2.31. The summed E-state index contributed by atoms with van der Waals surface area (Å²) >= 11 is 0. The van der Waals surface area contributed by atoms with Crippen LogP contribution in [0.2, 0.25) is 0 Å². The molecule has 1 N–H and O–H groups in total. The molecule has 0 heterocycles. The fourth-order valence-corrected chi connectivity index (χ4v) is 0.858. The van der Waals surface area contributed by atoms with Gasteiger partial charge in [0.25, 0.3) is 0 Å². The highest BCUT2D eigenvalue weighted by Gasteiger charge is 2.08. The molecular weight excluding hydrogens is 180 g/mol. The Morgan fingerprint density at radius 1 is 1.43 bits per heavy atom. The lowest BCUT2D eigenvalue weighted by atomic mass is 10.2. The van der Waals surface area contributed by atoms with Crippen LogP contribution < -0.4 is 0 Å². The SMILES string of the molecule is C[C@H](OC=Cc1ccccc1)C(=O)O. The van der Waals surface area contributed by atoms with Crippen LogP contribution in [-0.2, 0) is 9.53 Å². The number of benzene rings is 1. The van der Waals surface area contributed by atoms with Gasteiger partial charge in [-0.05, 0) is 18.6 Å². The van der Waals surface area contributed by atoms with Gasteiger partial charge < -0.3 is 9.84 Å². The molecule has 0 unspecified atom stereocenters. The Morgan fingerprint density at radius 3 is 2.64 bits per heavy atom. The van der Waals surface area contributed by atoms with Gasteiger partial charge in [0.15, 0.2) is 6.10 Å². The van der Waals surface area contributed by atoms with E-state index in [1.807, 2.05) is 30.3 Å². The lowest BCUT2D eigenvalue weighted by molar-refractivity contribution is -0.145. The molecular formula is C11H12O3. The van der Waals surface area contributed by atoms with Crippen LogP contribution in [0.4, 0.5) is 0 Å². The van der Waals surface area contributed by atoms with Gasteiger partial charge in [0, 0.05) is 0 Å². The van der Waals surface area contributed by atoms with Gasteiger partial charge in [-0.3, -0.25) is 0 Å². The number of rotatable bonds is 4. The van der Waals surface area contributed by atoms with E-state index in [0.29, 0.717) is 0 Å². The van der Waals surface area contributed by atoms with Gasteiger partial charge in [-0.1, -0.05) is 30.3 Å². The van der Waals surface area contributed by atoms with Crippen molar-refractivity contribution in [2.75, 3.05) is 0 Å². The zero-order valence-electron chi connectivity index (χ0n) is 7.88. The standard InChI is InChI=1S/C11H12O3/c1-9(11(12)13)14-8-7-10-5-3-2-4-6-10/h2-9H,1H3,(H,12,13)/t9-/m0/s1. The quantitative estimate of drug-likeness (QED) is 0.743. The first kappa shape index (κ1) is 10.3. The topological polar surface area (TPSA) is 46.5 Å². The van der Waals surface area contributed by atoms with E-state index in [1.165, 1.54) is 13.2 Å². The van der Waals surface area contributed by atoms with E-state index in [-0.39, 0.29) is 0 Å². The van der Waals surface area contributed by atoms with Gasteiger partial charge in [0.2, 0.25) is 0 Å². The van der Waals surface area contributed by atoms with Crippen LogP contribution in [0.1, 0.15) is 12.5 Å². The van der Waals surface area contributed by atoms with Crippen LogP contribution >= 0.6 is 0 Å². The molecule has 1 atom stereocenters. The minimum Gasteiger partial charge on any atom is -0.487 e. The molecule has 0 aliphatic carbocycles. The number of carboxylic acid groups (broad SMARTS) is 1. The summed E-state index contributed by atoms with van der Waals surface area (Å²) in [7, 11) is 0. The highest BCUT2D eigenvalue weighted by atomic mass is 16.5.